The summed E-state index contributed by atoms with van der Waals surface area (Å²) in [6.07, 6.45) is 5.75. The minimum Gasteiger partial charge on any atom is -0.374 e. The van der Waals surface area contributed by atoms with Crippen LogP contribution in [0.1, 0.15) is 45.6 Å². The van der Waals surface area contributed by atoms with Crippen molar-refractivity contribution in [2.24, 2.45) is 5.92 Å². The molecule has 0 bridgehead atoms. The van der Waals surface area contributed by atoms with Crippen molar-refractivity contribution in [1.82, 2.24) is 39.3 Å². The fraction of sp³-hybridized carbons (Fsp3) is 0.405. The molecule has 0 aliphatic carbocycles. The standard InChI is InChI=1S/C42H49FN12O4/c1-4-17-53-41(59)32-25-44-42(48-39(32)55(53)36-12-14-38(57)54(49-36)27(2)3)46-29-5-8-31(9-6-29)51-22-20-50(21-23-51)26-28-15-18-52(19-16-28)35-11-7-30(24-33(35)43)45-34-10-13-37(56)47-40(34)58/h4-9,11-12,14,24-25,27-28,34,45H,1,10,13,15-23,26H2,2-3H3,(H,44,46,48)(H,47,56,58). The number of fused-ring (bicyclic) bond motifs is 1. The summed E-state index contributed by atoms with van der Waals surface area (Å²) < 4.78 is 19.7. The first kappa shape index (κ1) is 39.5. The summed E-state index contributed by atoms with van der Waals surface area (Å²) in [6.45, 7) is 14.1. The van der Waals surface area contributed by atoms with Gasteiger partial charge in [0.05, 0.1) is 18.3 Å². The molecule has 3 saturated heterocycles. The van der Waals surface area contributed by atoms with Crippen LogP contribution in [0.25, 0.3) is 16.9 Å². The summed E-state index contributed by atoms with van der Waals surface area (Å²) in [5.74, 6) is 0.260. The van der Waals surface area contributed by atoms with Crippen LogP contribution in [-0.4, -0.2) is 97.7 Å². The Balaban J connectivity index is 0.840. The van der Waals surface area contributed by atoms with Crippen LogP contribution in [0.15, 0.2) is 83.0 Å². The Kier molecular flexibility index (Phi) is 11.3. The number of piperazine rings is 1. The van der Waals surface area contributed by atoms with Crippen molar-refractivity contribution in [2.75, 3.05) is 66.2 Å². The number of nitrogens with one attached hydrogen (secondary N) is 3. The lowest BCUT2D eigenvalue weighted by atomic mass is 9.95. The van der Waals surface area contributed by atoms with Gasteiger partial charge >= 0.3 is 0 Å². The topological polar surface area (TPSA) is 168 Å². The molecule has 16 nitrogen and oxygen atoms in total. The smallest absolute Gasteiger partial charge is 0.278 e. The van der Waals surface area contributed by atoms with Gasteiger partial charge < -0.3 is 20.4 Å². The Morgan fingerprint density at radius 1 is 0.915 bits per heavy atom. The average Bonchev–Trinajstić information content (AvgIpc) is 3.50. The molecule has 1 unspecified atom stereocenters. The van der Waals surface area contributed by atoms with Gasteiger partial charge in [-0.1, -0.05) is 6.08 Å². The largest absolute Gasteiger partial charge is 0.374 e. The predicted octanol–water partition coefficient (Wildman–Crippen LogP) is 4.04. The molecule has 3 N–H and O–H groups in total. The van der Waals surface area contributed by atoms with Crippen molar-refractivity contribution in [1.29, 1.82) is 0 Å². The van der Waals surface area contributed by atoms with E-state index in [9.17, 15) is 19.2 Å². The first-order chi connectivity index (χ1) is 28.5. The maximum absolute atomic E-state index is 15.2. The predicted molar refractivity (Wildman–Crippen MR) is 225 cm³/mol. The van der Waals surface area contributed by atoms with Gasteiger partial charge in [-0.15, -0.1) is 11.7 Å². The number of benzene rings is 2. The van der Waals surface area contributed by atoms with Crippen LogP contribution in [0, 0.1) is 11.7 Å². The van der Waals surface area contributed by atoms with Crippen LogP contribution in [0.2, 0.25) is 0 Å². The monoisotopic (exact) mass is 804 g/mol. The number of anilines is 5. The number of piperidine rings is 2. The van der Waals surface area contributed by atoms with Crippen LogP contribution >= 0.6 is 0 Å². The molecule has 3 aliphatic rings. The molecular weight excluding hydrogens is 756 g/mol. The maximum atomic E-state index is 15.2. The quantitative estimate of drug-likeness (QED) is 0.123. The van der Waals surface area contributed by atoms with E-state index in [-0.39, 0.29) is 47.8 Å². The van der Waals surface area contributed by atoms with Gasteiger partial charge in [-0.25, -0.2) is 23.4 Å². The number of aromatic nitrogens is 6. The number of rotatable bonds is 12. The number of hydrogen-bond donors (Lipinski definition) is 3. The average molecular weight is 805 g/mol. The number of hydrogen-bond acceptors (Lipinski definition) is 12. The number of nitrogens with zero attached hydrogens (tertiary/aromatic N) is 9. The summed E-state index contributed by atoms with van der Waals surface area (Å²) in [6, 6.07) is 15.4. The van der Waals surface area contributed by atoms with E-state index < -0.39 is 6.04 Å². The lowest BCUT2D eigenvalue weighted by Crippen LogP contribution is -2.49. The second kappa shape index (κ2) is 16.9. The van der Waals surface area contributed by atoms with Gasteiger partial charge in [-0.2, -0.15) is 4.98 Å². The number of carbonyl (C=O) groups excluding carboxylic acids is 2. The van der Waals surface area contributed by atoms with E-state index in [2.05, 4.69) is 59.4 Å². The number of carbonyl (C=O) groups is 2. The van der Waals surface area contributed by atoms with Gasteiger partial charge in [0.25, 0.3) is 11.1 Å². The van der Waals surface area contributed by atoms with E-state index in [0.29, 0.717) is 46.5 Å². The van der Waals surface area contributed by atoms with Crippen molar-refractivity contribution >= 4 is 51.5 Å². The second-order valence-corrected chi connectivity index (χ2v) is 15.7. The maximum Gasteiger partial charge on any atom is 0.278 e. The fourth-order valence-corrected chi connectivity index (χ4v) is 8.19. The highest BCUT2D eigenvalue weighted by molar-refractivity contribution is 6.01. The van der Waals surface area contributed by atoms with Crippen LogP contribution in [-0.2, 0) is 16.1 Å². The van der Waals surface area contributed by atoms with Crippen LogP contribution in [0.4, 0.5) is 33.1 Å². The molecule has 2 aromatic carbocycles. The number of allylic oxidation sites excluding steroid dienone is 1. The molecule has 0 spiro atoms. The van der Waals surface area contributed by atoms with Crippen molar-refractivity contribution in [3.63, 3.8) is 0 Å². The molecule has 2 amide bonds. The lowest BCUT2D eigenvalue weighted by Gasteiger charge is -2.40. The minimum atomic E-state index is -0.552. The zero-order valence-electron chi connectivity index (χ0n) is 33.3. The fourth-order valence-electron chi connectivity index (χ4n) is 8.19. The molecular formula is C42H49FN12O4. The van der Waals surface area contributed by atoms with Crippen molar-refractivity contribution in [2.45, 2.75) is 58.2 Å². The summed E-state index contributed by atoms with van der Waals surface area (Å²) in [4.78, 5) is 65.6. The number of amides is 2. The van der Waals surface area contributed by atoms with Crippen molar-refractivity contribution < 1.29 is 14.0 Å². The van der Waals surface area contributed by atoms with Crippen LogP contribution in [0.3, 0.4) is 0 Å². The molecule has 3 aromatic heterocycles. The van der Waals surface area contributed by atoms with E-state index in [4.69, 9.17) is 4.98 Å². The summed E-state index contributed by atoms with van der Waals surface area (Å²) in [5.41, 5.74) is 2.86. The molecule has 6 heterocycles. The van der Waals surface area contributed by atoms with Gasteiger partial charge in [-0.05, 0) is 87.6 Å². The third kappa shape index (κ3) is 8.46. The Morgan fingerprint density at radius 3 is 2.36 bits per heavy atom. The molecule has 8 rings (SSSR count). The van der Waals surface area contributed by atoms with Gasteiger partial charge in [0, 0.05) is 81.6 Å². The van der Waals surface area contributed by atoms with E-state index in [1.165, 1.54) is 27.7 Å². The molecule has 5 aromatic rings. The Hall–Kier alpha value is -6.36. The third-order valence-corrected chi connectivity index (χ3v) is 11.4. The number of imide groups is 1. The van der Waals surface area contributed by atoms with Crippen molar-refractivity contribution in [3.8, 4) is 5.82 Å². The highest BCUT2D eigenvalue weighted by atomic mass is 19.1. The Labute approximate surface area is 340 Å². The first-order valence-electron chi connectivity index (χ1n) is 20.2. The first-order valence-corrected chi connectivity index (χ1v) is 20.2. The molecule has 17 heteroatoms. The Morgan fingerprint density at radius 2 is 1.66 bits per heavy atom. The molecule has 59 heavy (non-hydrogen) atoms. The van der Waals surface area contributed by atoms with E-state index in [1.807, 2.05) is 26.0 Å². The summed E-state index contributed by atoms with van der Waals surface area (Å²) in [5, 5.41) is 13.5. The van der Waals surface area contributed by atoms with Gasteiger partial charge in [0.2, 0.25) is 17.8 Å². The zero-order valence-corrected chi connectivity index (χ0v) is 33.3. The van der Waals surface area contributed by atoms with E-state index in [1.54, 1.807) is 29.0 Å². The van der Waals surface area contributed by atoms with Gasteiger partial charge in [0.1, 0.15) is 17.2 Å². The molecule has 0 saturated carbocycles. The van der Waals surface area contributed by atoms with Crippen molar-refractivity contribution in [3.05, 3.63) is 100.0 Å². The van der Waals surface area contributed by atoms with Gasteiger partial charge in [-0.3, -0.25) is 29.4 Å². The lowest BCUT2D eigenvalue weighted by molar-refractivity contribution is -0.133. The van der Waals surface area contributed by atoms with E-state index in [0.717, 1.165) is 70.0 Å². The van der Waals surface area contributed by atoms with Crippen LogP contribution < -0.4 is 36.9 Å². The number of halogens is 1. The van der Waals surface area contributed by atoms with E-state index >= 15 is 4.39 Å². The SMILES string of the molecule is C=CCn1c(=O)c2cnc(Nc3ccc(N4CCN(CC5CCN(c6ccc(NC7CCC(=O)NC7=O)cc6F)CC5)CC4)cc3)nc2n1-c1ccc(=O)n(C(C)C)n1. The molecule has 308 valence electrons. The molecule has 3 aliphatic heterocycles. The highest BCUT2D eigenvalue weighted by Gasteiger charge is 2.28. The molecule has 1 atom stereocenters. The normalized spacial score (nSPS) is 18.1. The zero-order chi connectivity index (χ0) is 41.2. The van der Waals surface area contributed by atoms with Crippen LogP contribution in [0.5, 0.6) is 0 Å². The minimum absolute atomic E-state index is 0.177. The van der Waals surface area contributed by atoms with Gasteiger partial charge in [0.15, 0.2) is 11.5 Å². The Bertz CT molecular complexity index is 2480. The molecule has 0 radical (unpaired) electrons. The highest BCUT2D eigenvalue weighted by Crippen LogP contribution is 2.30. The third-order valence-electron chi connectivity index (χ3n) is 11.4. The second-order valence-electron chi connectivity index (χ2n) is 15.7. The molecule has 3 fully saturated rings. The summed E-state index contributed by atoms with van der Waals surface area (Å²) in [7, 11) is 0. The summed E-state index contributed by atoms with van der Waals surface area (Å²) >= 11 is 0.